The number of likely N-dealkylation sites (tertiary alicyclic amines) is 1. The highest BCUT2D eigenvalue weighted by Gasteiger charge is 2.24. The van der Waals surface area contributed by atoms with Gasteiger partial charge in [0.25, 0.3) is 0 Å². The number of urea groups is 1. The maximum Gasteiger partial charge on any atom is 0.321 e. The highest BCUT2D eigenvalue weighted by atomic mass is 16.2. The fourth-order valence-electron chi connectivity index (χ4n) is 3.77. The van der Waals surface area contributed by atoms with Gasteiger partial charge in [0.05, 0.1) is 6.33 Å². The molecule has 0 saturated carbocycles. The second-order valence-electron chi connectivity index (χ2n) is 7.45. The number of pyridine rings is 1. The summed E-state index contributed by atoms with van der Waals surface area (Å²) < 4.78 is 2.10. The van der Waals surface area contributed by atoms with E-state index in [4.69, 9.17) is 0 Å². The van der Waals surface area contributed by atoms with Crippen LogP contribution in [0.3, 0.4) is 0 Å². The minimum atomic E-state index is -0.0120. The number of rotatable bonds is 3. The van der Waals surface area contributed by atoms with Gasteiger partial charge in [-0.15, -0.1) is 0 Å². The summed E-state index contributed by atoms with van der Waals surface area (Å²) in [5, 5.41) is 3.09. The zero-order valence-electron chi connectivity index (χ0n) is 15.9. The van der Waals surface area contributed by atoms with Gasteiger partial charge in [-0.25, -0.2) is 14.8 Å². The molecule has 1 aliphatic rings. The predicted molar refractivity (Wildman–Crippen MR) is 107 cm³/mol. The number of aromatic nitrogens is 3. The topological polar surface area (TPSA) is 63.1 Å². The van der Waals surface area contributed by atoms with Crippen molar-refractivity contribution in [2.24, 2.45) is 5.92 Å². The number of anilines is 1. The van der Waals surface area contributed by atoms with Gasteiger partial charge in [0.15, 0.2) is 5.65 Å². The number of carbonyl (C=O) groups excluding carboxylic acids is 1. The first-order chi connectivity index (χ1) is 13.1. The molecule has 1 aromatic carbocycles. The van der Waals surface area contributed by atoms with E-state index < -0.39 is 0 Å². The molecule has 0 bridgehead atoms. The van der Waals surface area contributed by atoms with Crippen LogP contribution in [0.25, 0.3) is 11.2 Å². The van der Waals surface area contributed by atoms with E-state index >= 15 is 0 Å². The molecule has 6 nitrogen and oxygen atoms in total. The summed E-state index contributed by atoms with van der Waals surface area (Å²) in [5.41, 5.74) is 4.95. The molecule has 1 unspecified atom stereocenters. The lowest BCUT2D eigenvalue weighted by Gasteiger charge is -2.33. The van der Waals surface area contributed by atoms with Gasteiger partial charge in [0, 0.05) is 31.5 Å². The van der Waals surface area contributed by atoms with Gasteiger partial charge in [0.2, 0.25) is 0 Å². The Morgan fingerprint density at radius 3 is 3.04 bits per heavy atom. The maximum absolute atomic E-state index is 12.8. The number of amides is 2. The van der Waals surface area contributed by atoms with Crippen molar-refractivity contribution in [2.75, 3.05) is 18.4 Å². The van der Waals surface area contributed by atoms with Crippen LogP contribution < -0.4 is 5.32 Å². The zero-order valence-corrected chi connectivity index (χ0v) is 15.9. The molecule has 4 rings (SSSR count). The van der Waals surface area contributed by atoms with Crippen molar-refractivity contribution in [3.8, 4) is 0 Å². The summed E-state index contributed by atoms with van der Waals surface area (Å²) in [6.45, 7) is 6.45. The van der Waals surface area contributed by atoms with Gasteiger partial charge in [-0.1, -0.05) is 12.1 Å². The largest absolute Gasteiger partial charge is 0.324 e. The van der Waals surface area contributed by atoms with Gasteiger partial charge >= 0.3 is 6.03 Å². The van der Waals surface area contributed by atoms with Crippen LogP contribution in [0.4, 0.5) is 10.5 Å². The molecule has 6 heteroatoms. The Labute approximate surface area is 159 Å². The molecule has 2 amide bonds. The molecule has 1 aliphatic heterocycles. The van der Waals surface area contributed by atoms with Crippen molar-refractivity contribution in [3.63, 3.8) is 0 Å². The normalized spacial score (nSPS) is 17.3. The lowest BCUT2D eigenvalue weighted by Crippen LogP contribution is -2.43. The third-order valence-electron chi connectivity index (χ3n) is 5.27. The van der Waals surface area contributed by atoms with E-state index in [0.717, 1.165) is 60.5 Å². The van der Waals surface area contributed by atoms with Crippen LogP contribution in [0.15, 0.2) is 42.9 Å². The van der Waals surface area contributed by atoms with E-state index in [1.54, 1.807) is 6.20 Å². The molecule has 27 heavy (non-hydrogen) atoms. The molecular weight excluding hydrogens is 338 g/mol. The number of benzene rings is 1. The summed E-state index contributed by atoms with van der Waals surface area (Å²) in [5.74, 6) is 0.405. The standard InChI is InChI=1S/C21H25N5O/c1-15-7-8-16(2)19(11-15)24-21(27)25-10-4-5-17(12-25)13-26-14-23-18-6-3-9-22-20(18)26/h3,6-9,11,14,17H,4-5,10,12-13H2,1-2H3,(H,24,27). The first-order valence-electron chi connectivity index (χ1n) is 9.49. The molecule has 1 fully saturated rings. The van der Waals surface area contributed by atoms with E-state index in [0.29, 0.717) is 5.92 Å². The summed E-state index contributed by atoms with van der Waals surface area (Å²) in [6, 6.07) is 10.00. The zero-order chi connectivity index (χ0) is 18.8. The Morgan fingerprint density at radius 1 is 1.26 bits per heavy atom. The van der Waals surface area contributed by atoms with Crippen molar-refractivity contribution in [3.05, 3.63) is 54.0 Å². The fraction of sp³-hybridized carbons (Fsp3) is 0.381. The number of nitrogens with one attached hydrogen (secondary N) is 1. The van der Waals surface area contributed by atoms with Crippen LogP contribution in [-0.4, -0.2) is 38.6 Å². The Bertz CT molecular complexity index is 964. The Morgan fingerprint density at radius 2 is 2.15 bits per heavy atom. The Balaban J connectivity index is 1.43. The van der Waals surface area contributed by atoms with E-state index in [-0.39, 0.29) is 6.03 Å². The molecule has 1 atom stereocenters. The van der Waals surface area contributed by atoms with Crippen LogP contribution in [0.2, 0.25) is 0 Å². The van der Waals surface area contributed by atoms with Crippen LogP contribution in [0.1, 0.15) is 24.0 Å². The first-order valence-corrected chi connectivity index (χ1v) is 9.49. The van der Waals surface area contributed by atoms with Crippen LogP contribution in [-0.2, 0) is 6.54 Å². The SMILES string of the molecule is Cc1ccc(C)c(NC(=O)N2CCCC(Cn3cnc4cccnc43)C2)c1. The highest BCUT2D eigenvalue weighted by molar-refractivity contribution is 5.90. The molecule has 1 N–H and O–H groups in total. The number of hydrogen-bond donors (Lipinski definition) is 1. The van der Waals surface area contributed by atoms with Gasteiger partial charge < -0.3 is 14.8 Å². The van der Waals surface area contributed by atoms with Gasteiger partial charge in [-0.3, -0.25) is 0 Å². The van der Waals surface area contributed by atoms with Crippen molar-refractivity contribution >= 4 is 22.9 Å². The van der Waals surface area contributed by atoms with Gasteiger partial charge in [0.1, 0.15) is 5.52 Å². The fourth-order valence-corrected chi connectivity index (χ4v) is 3.77. The van der Waals surface area contributed by atoms with Gasteiger partial charge in [-0.2, -0.15) is 0 Å². The maximum atomic E-state index is 12.8. The van der Waals surface area contributed by atoms with E-state index in [1.807, 2.05) is 49.3 Å². The van der Waals surface area contributed by atoms with Crippen LogP contribution >= 0.6 is 0 Å². The molecule has 1 saturated heterocycles. The average Bonchev–Trinajstić information content (AvgIpc) is 3.08. The molecule has 0 radical (unpaired) electrons. The Kier molecular flexibility index (Phi) is 4.79. The predicted octanol–water partition coefficient (Wildman–Crippen LogP) is 3.99. The monoisotopic (exact) mass is 363 g/mol. The Hall–Kier alpha value is -2.89. The lowest BCUT2D eigenvalue weighted by atomic mass is 9.98. The highest BCUT2D eigenvalue weighted by Crippen LogP contribution is 2.22. The van der Waals surface area contributed by atoms with Gasteiger partial charge in [-0.05, 0) is 61.9 Å². The first kappa shape index (κ1) is 17.5. The summed E-state index contributed by atoms with van der Waals surface area (Å²) in [6.07, 6.45) is 5.78. The molecule has 0 spiro atoms. The van der Waals surface area contributed by atoms with E-state index in [1.165, 1.54) is 0 Å². The van der Waals surface area contributed by atoms with Crippen molar-refractivity contribution < 1.29 is 4.79 Å². The van der Waals surface area contributed by atoms with Crippen molar-refractivity contribution in [2.45, 2.75) is 33.2 Å². The smallest absolute Gasteiger partial charge is 0.321 e. The number of hydrogen-bond acceptors (Lipinski definition) is 3. The minimum absolute atomic E-state index is 0.0120. The average molecular weight is 363 g/mol. The molecule has 2 aromatic heterocycles. The number of aryl methyl sites for hydroxylation is 2. The molecule has 3 heterocycles. The second-order valence-corrected chi connectivity index (χ2v) is 7.45. The van der Waals surface area contributed by atoms with Crippen molar-refractivity contribution in [1.82, 2.24) is 19.4 Å². The quantitative estimate of drug-likeness (QED) is 0.765. The molecule has 3 aromatic rings. The van der Waals surface area contributed by atoms with E-state index in [2.05, 4.69) is 25.9 Å². The second kappa shape index (κ2) is 7.39. The molecule has 0 aliphatic carbocycles. The third kappa shape index (κ3) is 3.79. The minimum Gasteiger partial charge on any atom is -0.324 e. The number of fused-ring (bicyclic) bond motifs is 1. The summed E-state index contributed by atoms with van der Waals surface area (Å²) >= 11 is 0. The molecular formula is C21H25N5O. The number of imidazole rings is 1. The van der Waals surface area contributed by atoms with Crippen LogP contribution in [0, 0.1) is 19.8 Å². The molecule has 140 valence electrons. The van der Waals surface area contributed by atoms with Crippen LogP contribution in [0.5, 0.6) is 0 Å². The summed E-state index contributed by atoms with van der Waals surface area (Å²) in [4.78, 5) is 23.6. The van der Waals surface area contributed by atoms with Crippen molar-refractivity contribution in [1.29, 1.82) is 0 Å². The number of carbonyl (C=O) groups is 1. The third-order valence-corrected chi connectivity index (χ3v) is 5.27. The lowest BCUT2D eigenvalue weighted by molar-refractivity contribution is 0.171. The number of piperidine rings is 1. The van der Waals surface area contributed by atoms with E-state index in [9.17, 15) is 4.79 Å². The number of nitrogens with zero attached hydrogens (tertiary/aromatic N) is 4. The summed E-state index contributed by atoms with van der Waals surface area (Å²) in [7, 11) is 0.